The van der Waals surface area contributed by atoms with Gasteiger partial charge in [0.25, 0.3) is 11.8 Å². The van der Waals surface area contributed by atoms with Crippen LogP contribution < -0.4 is 31.5 Å². The SMILES string of the molecule is CC1=NC2=CN(C(=O)NO)NN2C(SCC2=C(C(=O)O)N3C(=O)[C@@H](NC(=O)C(=NOCc4cc(Cl)c5c(c4Cl)OC(c4ccccc4)(c4ccccc4)O5)c4csc(N)n4)[C@H]3SC2)=C1. The van der Waals surface area contributed by atoms with Crippen LogP contribution in [0.4, 0.5) is 9.93 Å². The predicted octanol–water partition coefficient (Wildman–Crippen LogP) is 5.35. The Morgan fingerprint density at radius 1 is 1.11 bits per heavy atom. The molecule has 19 nitrogen and oxygen atoms in total. The van der Waals surface area contributed by atoms with E-state index in [4.69, 9.17) is 48.5 Å². The van der Waals surface area contributed by atoms with Crippen molar-refractivity contribution in [3.63, 3.8) is 0 Å². The Hall–Kier alpha value is -6.27. The molecule has 5 aliphatic heterocycles. The molecule has 0 spiro atoms. The Kier molecular flexibility index (Phi) is 11.7. The highest BCUT2D eigenvalue weighted by atomic mass is 35.5. The van der Waals surface area contributed by atoms with Gasteiger partial charge in [-0.2, -0.15) is 0 Å². The molecular formula is C40H32Cl2N10O9S3. The number of halogens is 2. The zero-order valence-corrected chi connectivity index (χ0v) is 36.8. The maximum atomic E-state index is 13.9. The monoisotopic (exact) mass is 962 g/mol. The van der Waals surface area contributed by atoms with E-state index in [1.165, 1.54) is 45.6 Å². The number of nitrogens with zero attached hydrogens (tertiary/aromatic N) is 6. The quantitative estimate of drug-likeness (QED) is 0.0454. The minimum absolute atomic E-state index is 0.0681. The van der Waals surface area contributed by atoms with Crippen molar-refractivity contribution in [1.29, 1.82) is 0 Å². The zero-order chi connectivity index (χ0) is 44.9. The molecule has 1 aromatic heterocycles. The average molecular weight is 964 g/mol. The van der Waals surface area contributed by atoms with Gasteiger partial charge in [-0.25, -0.2) is 35.1 Å². The fourth-order valence-electron chi connectivity index (χ4n) is 7.21. The lowest BCUT2D eigenvalue weighted by Crippen LogP contribution is -2.71. The molecule has 24 heteroatoms. The van der Waals surface area contributed by atoms with E-state index in [-0.39, 0.29) is 61.9 Å². The van der Waals surface area contributed by atoms with Crippen LogP contribution in [0.15, 0.2) is 117 Å². The molecule has 7 N–H and O–H groups in total. The Balaban J connectivity index is 0.902. The first-order chi connectivity index (χ1) is 30.9. The lowest BCUT2D eigenvalue weighted by atomic mass is 9.97. The number of hydrogen-bond acceptors (Lipinski definition) is 17. The van der Waals surface area contributed by atoms with Crippen LogP contribution in [0.25, 0.3) is 0 Å². The van der Waals surface area contributed by atoms with Crippen LogP contribution in [0, 0.1) is 0 Å². The van der Waals surface area contributed by atoms with Gasteiger partial charge in [0.15, 0.2) is 28.2 Å². The van der Waals surface area contributed by atoms with Gasteiger partial charge in [-0.15, -0.1) is 40.4 Å². The number of carbonyl (C=O) groups excluding carboxylic acids is 3. The number of thiazole rings is 1. The summed E-state index contributed by atoms with van der Waals surface area (Å²) in [5.41, 5.74) is 12.6. The van der Waals surface area contributed by atoms with Crippen LogP contribution >= 0.6 is 58.1 Å². The maximum Gasteiger partial charge on any atom is 0.361 e. The molecule has 0 saturated carbocycles. The molecule has 1 saturated heterocycles. The van der Waals surface area contributed by atoms with E-state index in [0.717, 1.165) is 21.2 Å². The number of benzene rings is 3. The van der Waals surface area contributed by atoms with Gasteiger partial charge in [0.2, 0.25) is 0 Å². The minimum Gasteiger partial charge on any atom is -0.477 e. The van der Waals surface area contributed by atoms with Gasteiger partial charge in [-0.05, 0) is 24.6 Å². The summed E-state index contributed by atoms with van der Waals surface area (Å²) in [6, 6.07) is 18.2. The second-order valence-electron chi connectivity index (χ2n) is 14.2. The lowest BCUT2D eigenvalue weighted by Gasteiger charge is -2.49. The van der Waals surface area contributed by atoms with E-state index < -0.39 is 41.0 Å². The fraction of sp³-hybridized carbons (Fsp3) is 0.175. The van der Waals surface area contributed by atoms with Gasteiger partial charge in [-0.3, -0.25) is 19.7 Å². The number of hydroxylamine groups is 1. The van der Waals surface area contributed by atoms with Crippen molar-refractivity contribution in [2.75, 3.05) is 17.2 Å². The number of nitrogens with one attached hydrogen (secondary N) is 3. The predicted molar refractivity (Wildman–Crippen MR) is 238 cm³/mol. The highest BCUT2D eigenvalue weighted by Gasteiger charge is 2.55. The fourth-order valence-corrected chi connectivity index (χ4v) is 10.8. The number of hydrazine groups is 2. The number of aromatic nitrogens is 1. The van der Waals surface area contributed by atoms with E-state index in [2.05, 4.69) is 26.0 Å². The molecule has 64 heavy (non-hydrogen) atoms. The summed E-state index contributed by atoms with van der Waals surface area (Å²) >= 11 is 17.3. The molecule has 0 aliphatic carbocycles. The van der Waals surface area contributed by atoms with E-state index >= 15 is 0 Å². The molecule has 2 atom stereocenters. The van der Waals surface area contributed by atoms with Crippen LogP contribution in [0.3, 0.4) is 0 Å². The summed E-state index contributed by atoms with van der Waals surface area (Å²) in [4.78, 5) is 67.7. The van der Waals surface area contributed by atoms with Crippen molar-refractivity contribution >= 4 is 98.4 Å². The van der Waals surface area contributed by atoms with Crippen molar-refractivity contribution in [1.82, 2.24) is 36.2 Å². The number of fused-ring (bicyclic) bond motifs is 3. The number of carboxylic acid groups (broad SMARTS) is 1. The van der Waals surface area contributed by atoms with Gasteiger partial charge in [0, 0.05) is 39.3 Å². The summed E-state index contributed by atoms with van der Waals surface area (Å²) < 4.78 is 13.0. The number of rotatable bonds is 12. The van der Waals surface area contributed by atoms with Crippen molar-refractivity contribution in [2.45, 2.75) is 30.7 Å². The van der Waals surface area contributed by atoms with Crippen molar-refractivity contribution in [2.24, 2.45) is 10.1 Å². The molecule has 328 valence electrons. The molecule has 0 unspecified atom stereocenters. The third kappa shape index (κ3) is 7.75. The molecule has 0 radical (unpaired) electrons. The van der Waals surface area contributed by atoms with E-state index in [1.807, 2.05) is 60.7 Å². The second kappa shape index (κ2) is 17.4. The third-order valence-corrected chi connectivity index (χ3v) is 13.9. The number of ether oxygens (including phenoxy) is 2. The zero-order valence-electron chi connectivity index (χ0n) is 32.9. The number of thioether (sulfide) groups is 2. The topological polar surface area (TPSA) is 246 Å². The smallest absolute Gasteiger partial charge is 0.361 e. The molecule has 1 fully saturated rings. The number of carbonyl (C=O) groups is 4. The standard InChI is InChI=1S/C40H32Cl2N10O9S3/c1-19-12-27(52-26(44-19)14-50(49-52)39(57)47-58)62-16-21-17-63-36-30(35(54)51(36)31(21)37(55)56)46-34(53)29(25-18-64-38(43)45-25)48-59-15-20-13-24(41)32-33(28(20)42)61-40(60-32,22-8-4-2-5-9-22)23-10-6-3-7-11-23/h2-14,18,30,36,49,58H,15-17H2,1H3,(H2,43,45)(H,46,53)(H,47,57)(H,55,56)/t30-,36-/m1/s1. The Morgan fingerprint density at radius 2 is 1.81 bits per heavy atom. The normalized spacial score (nSPS) is 19.6. The minimum atomic E-state index is -1.40. The number of nitrogens with two attached hydrogens (primary N) is 1. The molecule has 4 aromatic rings. The van der Waals surface area contributed by atoms with E-state index in [9.17, 15) is 24.3 Å². The summed E-state index contributed by atoms with van der Waals surface area (Å²) in [7, 11) is 0. The number of oxime groups is 1. The number of anilines is 1. The molecule has 4 amide bonds. The number of nitrogen functional groups attached to an aromatic ring is 1. The number of β-lactam (4-membered cyclic amide) rings is 1. The molecule has 9 rings (SSSR count). The average Bonchev–Trinajstić information content (AvgIpc) is 4.05. The molecule has 3 aromatic carbocycles. The first-order valence-electron chi connectivity index (χ1n) is 18.9. The van der Waals surface area contributed by atoms with Crippen LogP contribution in [-0.2, 0) is 31.6 Å². The Morgan fingerprint density at radius 3 is 2.47 bits per heavy atom. The highest BCUT2D eigenvalue weighted by Crippen LogP contribution is 2.55. The van der Waals surface area contributed by atoms with E-state index in [0.29, 0.717) is 38.8 Å². The van der Waals surface area contributed by atoms with E-state index in [1.54, 1.807) is 19.1 Å². The van der Waals surface area contributed by atoms with Gasteiger partial charge in [0.05, 0.1) is 21.3 Å². The number of carboxylic acids is 1. The van der Waals surface area contributed by atoms with Gasteiger partial charge < -0.3 is 30.5 Å². The van der Waals surface area contributed by atoms with Crippen molar-refractivity contribution < 1.29 is 43.8 Å². The number of aliphatic carboxylic acids is 1. The van der Waals surface area contributed by atoms with Crippen molar-refractivity contribution in [3.8, 4) is 11.5 Å². The first kappa shape index (κ1) is 43.0. The first-order valence-corrected chi connectivity index (χ1v) is 22.6. The third-order valence-electron chi connectivity index (χ3n) is 10.1. The van der Waals surface area contributed by atoms with Gasteiger partial charge in [0.1, 0.15) is 29.4 Å². The summed E-state index contributed by atoms with van der Waals surface area (Å²) in [6.07, 6.45) is 3.10. The highest BCUT2D eigenvalue weighted by molar-refractivity contribution is 8.03. The van der Waals surface area contributed by atoms with Crippen LogP contribution in [0.5, 0.6) is 11.5 Å². The lowest BCUT2D eigenvalue weighted by molar-refractivity contribution is -0.150. The van der Waals surface area contributed by atoms with Gasteiger partial charge in [-0.1, -0.05) is 89.0 Å². The summed E-state index contributed by atoms with van der Waals surface area (Å²) in [5, 5.41) is 30.5. The number of aliphatic imine (C=N–C) groups is 1. The molecular weight excluding hydrogens is 932 g/mol. The van der Waals surface area contributed by atoms with Crippen molar-refractivity contribution in [3.05, 3.63) is 139 Å². The summed E-state index contributed by atoms with van der Waals surface area (Å²) in [6.45, 7) is 1.46. The number of hydrogen-bond donors (Lipinski definition) is 6. The van der Waals surface area contributed by atoms with Crippen LogP contribution in [0.2, 0.25) is 10.0 Å². The molecule has 0 bridgehead atoms. The molecule has 5 aliphatic rings. The Labute approximate surface area is 385 Å². The number of allylic oxidation sites excluding steroid dienone is 1. The molecule has 6 heterocycles. The van der Waals surface area contributed by atoms with Crippen LogP contribution in [-0.4, -0.2) is 88.4 Å². The second-order valence-corrected chi connectivity index (χ2v) is 18.0. The number of urea groups is 1. The van der Waals surface area contributed by atoms with Crippen LogP contribution in [0.1, 0.15) is 29.3 Å². The summed E-state index contributed by atoms with van der Waals surface area (Å²) in [5.74, 6) is -3.07. The van der Waals surface area contributed by atoms with Gasteiger partial charge >= 0.3 is 17.8 Å². The largest absolute Gasteiger partial charge is 0.477 e. The Bertz CT molecular complexity index is 2730. The maximum absolute atomic E-state index is 13.9. The number of amides is 4.